The van der Waals surface area contributed by atoms with Crippen molar-refractivity contribution in [3.05, 3.63) is 23.2 Å². The van der Waals surface area contributed by atoms with Crippen molar-refractivity contribution in [2.45, 2.75) is 25.8 Å². The molecule has 0 aromatic heterocycles. The van der Waals surface area contributed by atoms with Gasteiger partial charge in [0, 0.05) is 10.8 Å². The first-order valence-corrected chi connectivity index (χ1v) is 7.20. The van der Waals surface area contributed by atoms with E-state index in [9.17, 15) is 0 Å². The van der Waals surface area contributed by atoms with Gasteiger partial charge in [-0.25, -0.2) is 0 Å². The maximum absolute atomic E-state index is 6.01. The molecule has 0 spiro atoms. The van der Waals surface area contributed by atoms with E-state index >= 15 is 0 Å². The Balaban J connectivity index is 2.23. The van der Waals surface area contributed by atoms with Crippen LogP contribution in [0.25, 0.3) is 0 Å². The lowest BCUT2D eigenvalue weighted by atomic mass is 10.0. The minimum absolute atomic E-state index is 0.000602. The molecule has 0 aliphatic carbocycles. The standard InChI is InChI=1S/C13H17ClN2OS/c1-13(2)6-7-18-12(16-13)15-10-8-9(14)4-5-11(10)17-3/h4-5,8H,6-7H2,1-3H3,(H,15,16). The van der Waals surface area contributed by atoms with Crippen molar-refractivity contribution < 1.29 is 4.74 Å². The molecule has 0 unspecified atom stereocenters. The van der Waals surface area contributed by atoms with Crippen LogP contribution in [0.1, 0.15) is 20.3 Å². The Morgan fingerprint density at radius 1 is 1.44 bits per heavy atom. The Hall–Kier alpha value is -0.870. The number of methoxy groups -OCH3 is 1. The van der Waals surface area contributed by atoms with Gasteiger partial charge in [-0.2, -0.15) is 0 Å². The minimum atomic E-state index is -0.000602. The largest absolute Gasteiger partial charge is 0.495 e. The quantitative estimate of drug-likeness (QED) is 0.890. The van der Waals surface area contributed by atoms with Gasteiger partial charge in [-0.1, -0.05) is 23.4 Å². The lowest BCUT2D eigenvalue weighted by Gasteiger charge is -2.26. The number of hydrogen-bond acceptors (Lipinski definition) is 4. The van der Waals surface area contributed by atoms with Gasteiger partial charge in [-0.05, 0) is 38.5 Å². The number of ether oxygens (including phenoxy) is 1. The number of thioether (sulfide) groups is 1. The van der Waals surface area contributed by atoms with Crippen molar-refractivity contribution >= 4 is 34.2 Å². The van der Waals surface area contributed by atoms with Crippen LogP contribution in [-0.4, -0.2) is 23.6 Å². The third kappa shape index (κ3) is 3.33. The number of benzene rings is 1. The summed E-state index contributed by atoms with van der Waals surface area (Å²) in [4.78, 5) is 4.68. The molecule has 1 heterocycles. The van der Waals surface area contributed by atoms with E-state index in [-0.39, 0.29) is 5.54 Å². The number of nitrogens with one attached hydrogen (secondary N) is 1. The first kappa shape index (κ1) is 13.6. The van der Waals surface area contributed by atoms with Crippen LogP contribution < -0.4 is 10.1 Å². The number of amidine groups is 1. The number of hydrogen-bond donors (Lipinski definition) is 1. The first-order valence-electron chi connectivity index (χ1n) is 5.83. The summed E-state index contributed by atoms with van der Waals surface area (Å²) in [5, 5.41) is 4.90. The van der Waals surface area contributed by atoms with E-state index in [4.69, 9.17) is 16.3 Å². The average Bonchev–Trinajstić information content (AvgIpc) is 2.28. The average molecular weight is 285 g/mol. The summed E-state index contributed by atoms with van der Waals surface area (Å²) in [5.74, 6) is 1.84. The number of nitrogens with zero attached hydrogens (tertiary/aromatic N) is 1. The van der Waals surface area contributed by atoms with E-state index in [1.165, 1.54) is 0 Å². The Kier molecular flexibility index (Phi) is 4.07. The van der Waals surface area contributed by atoms with Gasteiger partial charge in [0.2, 0.25) is 0 Å². The molecule has 0 radical (unpaired) electrons. The van der Waals surface area contributed by atoms with Gasteiger partial charge in [0.15, 0.2) is 5.17 Å². The molecule has 98 valence electrons. The second-order valence-corrected chi connectivity index (χ2v) is 6.32. The van der Waals surface area contributed by atoms with Crippen LogP contribution in [0, 0.1) is 0 Å². The van der Waals surface area contributed by atoms with Crippen LogP contribution in [0.2, 0.25) is 5.02 Å². The number of aliphatic imine (C=N–C) groups is 1. The monoisotopic (exact) mass is 284 g/mol. The molecule has 1 N–H and O–H groups in total. The molecule has 5 heteroatoms. The molecule has 1 aliphatic rings. The summed E-state index contributed by atoms with van der Waals surface area (Å²) in [6.45, 7) is 4.28. The second-order valence-electron chi connectivity index (χ2n) is 4.80. The van der Waals surface area contributed by atoms with Gasteiger partial charge in [0.05, 0.1) is 18.3 Å². The Bertz CT molecular complexity index is 474. The van der Waals surface area contributed by atoms with E-state index < -0.39 is 0 Å². The summed E-state index contributed by atoms with van der Waals surface area (Å²) >= 11 is 7.73. The molecule has 3 nitrogen and oxygen atoms in total. The summed E-state index contributed by atoms with van der Waals surface area (Å²) in [7, 11) is 1.65. The fraction of sp³-hybridized carbons (Fsp3) is 0.462. The molecule has 0 amide bonds. The van der Waals surface area contributed by atoms with Gasteiger partial charge in [0.1, 0.15) is 5.75 Å². The van der Waals surface area contributed by atoms with Crippen LogP contribution in [0.4, 0.5) is 5.69 Å². The second kappa shape index (κ2) is 5.41. The molecule has 0 saturated carbocycles. The van der Waals surface area contributed by atoms with Crippen molar-refractivity contribution in [1.82, 2.24) is 0 Å². The fourth-order valence-corrected chi connectivity index (χ4v) is 3.18. The third-order valence-corrected chi connectivity index (χ3v) is 3.87. The summed E-state index contributed by atoms with van der Waals surface area (Å²) < 4.78 is 5.31. The highest BCUT2D eigenvalue weighted by molar-refractivity contribution is 8.14. The van der Waals surface area contributed by atoms with E-state index in [0.717, 1.165) is 28.8 Å². The summed E-state index contributed by atoms with van der Waals surface area (Å²) in [6.07, 6.45) is 1.09. The van der Waals surface area contributed by atoms with Gasteiger partial charge >= 0.3 is 0 Å². The Morgan fingerprint density at radius 2 is 2.22 bits per heavy atom. The van der Waals surface area contributed by atoms with Gasteiger partial charge < -0.3 is 10.1 Å². The Morgan fingerprint density at radius 3 is 2.89 bits per heavy atom. The zero-order valence-corrected chi connectivity index (χ0v) is 12.4. The number of anilines is 1. The molecule has 0 fully saturated rings. The van der Waals surface area contributed by atoms with Crippen LogP contribution in [-0.2, 0) is 0 Å². The lowest BCUT2D eigenvalue weighted by molar-refractivity contribution is 0.417. The van der Waals surface area contributed by atoms with Crippen molar-refractivity contribution in [2.24, 2.45) is 4.99 Å². The van der Waals surface area contributed by atoms with Gasteiger partial charge in [-0.3, -0.25) is 4.99 Å². The minimum Gasteiger partial charge on any atom is -0.495 e. The molecule has 2 rings (SSSR count). The van der Waals surface area contributed by atoms with Crippen molar-refractivity contribution in [3.8, 4) is 5.75 Å². The lowest BCUT2D eigenvalue weighted by Crippen LogP contribution is -2.27. The number of halogens is 1. The number of rotatable bonds is 2. The summed E-state index contributed by atoms with van der Waals surface area (Å²) in [5.41, 5.74) is 0.855. The zero-order chi connectivity index (χ0) is 13.2. The van der Waals surface area contributed by atoms with Gasteiger partial charge in [0.25, 0.3) is 0 Å². The highest BCUT2D eigenvalue weighted by Gasteiger charge is 2.23. The van der Waals surface area contributed by atoms with Crippen molar-refractivity contribution in [2.75, 3.05) is 18.2 Å². The molecule has 0 bridgehead atoms. The fourth-order valence-electron chi connectivity index (χ4n) is 1.72. The van der Waals surface area contributed by atoms with Crippen LogP contribution in [0.3, 0.4) is 0 Å². The smallest absolute Gasteiger partial charge is 0.161 e. The van der Waals surface area contributed by atoms with E-state index in [1.807, 2.05) is 18.2 Å². The highest BCUT2D eigenvalue weighted by Crippen LogP contribution is 2.31. The van der Waals surface area contributed by atoms with E-state index in [2.05, 4.69) is 24.2 Å². The SMILES string of the molecule is COc1ccc(Cl)cc1NC1=NC(C)(C)CCS1. The maximum Gasteiger partial charge on any atom is 0.161 e. The topological polar surface area (TPSA) is 33.6 Å². The maximum atomic E-state index is 6.01. The molecule has 1 aliphatic heterocycles. The molecular formula is C13H17ClN2OS. The van der Waals surface area contributed by atoms with Gasteiger partial charge in [-0.15, -0.1) is 0 Å². The third-order valence-electron chi connectivity index (χ3n) is 2.76. The molecule has 18 heavy (non-hydrogen) atoms. The van der Waals surface area contributed by atoms with Crippen LogP contribution >= 0.6 is 23.4 Å². The van der Waals surface area contributed by atoms with Crippen molar-refractivity contribution in [3.63, 3.8) is 0 Å². The van der Waals surface area contributed by atoms with E-state index in [0.29, 0.717) is 5.02 Å². The molecule has 1 aromatic rings. The molecule has 0 saturated heterocycles. The first-order chi connectivity index (χ1) is 8.50. The highest BCUT2D eigenvalue weighted by atomic mass is 35.5. The Labute approximate surface area is 117 Å². The molecule has 1 aromatic carbocycles. The summed E-state index contributed by atoms with van der Waals surface area (Å²) in [6, 6.07) is 5.51. The predicted octanol–water partition coefficient (Wildman–Crippen LogP) is 4.03. The zero-order valence-electron chi connectivity index (χ0n) is 10.8. The van der Waals surface area contributed by atoms with Crippen LogP contribution in [0.5, 0.6) is 5.75 Å². The predicted molar refractivity (Wildman–Crippen MR) is 80.2 cm³/mol. The van der Waals surface area contributed by atoms with E-state index in [1.54, 1.807) is 18.9 Å². The van der Waals surface area contributed by atoms with Crippen molar-refractivity contribution in [1.29, 1.82) is 0 Å². The molecule has 0 atom stereocenters. The van der Waals surface area contributed by atoms with Crippen LogP contribution in [0.15, 0.2) is 23.2 Å². The normalized spacial score (nSPS) is 18.1. The molecular weight excluding hydrogens is 268 g/mol.